The van der Waals surface area contributed by atoms with Gasteiger partial charge in [0, 0.05) is 0 Å². The Kier molecular flexibility index (Phi) is 2.57. The number of phenolic OH excluding ortho intramolecular Hbond substituents is 1. The van der Waals surface area contributed by atoms with Crippen LogP contribution in [-0.2, 0) is 11.4 Å². The predicted octanol–water partition coefficient (Wildman–Crippen LogP) is 1.72. The van der Waals surface area contributed by atoms with Crippen LogP contribution in [0.25, 0.3) is 10.8 Å². The Morgan fingerprint density at radius 1 is 1.13 bits per heavy atom. The van der Waals surface area contributed by atoms with Crippen molar-refractivity contribution in [2.45, 2.75) is 0 Å². The molecule has 5 heteroatoms. The summed E-state index contributed by atoms with van der Waals surface area (Å²) in [5, 5.41) is 10.8. The second-order valence-corrected chi connectivity index (χ2v) is 3.56. The largest absolute Gasteiger partial charge is 0.740 e. The number of aromatic hydroxyl groups is 1. The van der Waals surface area contributed by atoms with E-state index in [1.165, 1.54) is 12.1 Å². The first-order valence-corrected chi connectivity index (χ1v) is 5.15. The summed E-state index contributed by atoms with van der Waals surface area (Å²) < 4.78 is 25.1. The van der Waals surface area contributed by atoms with Crippen LogP contribution in [0.1, 0.15) is 0 Å². The van der Waals surface area contributed by atoms with Gasteiger partial charge in [-0.1, -0.05) is 12.1 Å². The fourth-order valence-corrected chi connectivity index (χ4v) is 1.60. The van der Waals surface area contributed by atoms with Gasteiger partial charge < -0.3 is 13.8 Å². The van der Waals surface area contributed by atoms with Crippen molar-refractivity contribution in [1.29, 1.82) is 0 Å². The van der Waals surface area contributed by atoms with Gasteiger partial charge in [-0.3, -0.25) is 0 Å². The molecule has 2 rings (SSSR count). The minimum atomic E-state index is -2.56. The van der Waals surface area contributed by atoms with Crippen LogP contribution in [-0.4, -0.2) is 13.9 Å². The van der Waals surface area contributed by atoms with Crippen molar-refractivity contribution in [3.05, 3.63) is 36.4 Å². The molecule has 0 fully saturated rings. The number of fused-ring (bicyclic) bond motifs is 1. The molecule has 2 aromatic carbocycles. The van der Waals surface area contributed by atoms with E-state index in [4.69, 9.17) is 0 Å². The predicted molar refractivity (Wildman–Crippen MR) is 55.2 cm³/mol. The van der Waals surface area contributed by atoms with Crippen molar-refractivity contribution in [1.82, 2.24) is 0 Å². The van der Waals surface area contributed by atoms with Gasteiger partial charge in [0.25, 0.3) is 0 Å². The van der Waals surface area contributed by atoms with E-state index in [1.807, 2.05) is 0 Å². The monoisotopic (exact) mass is 223 g/mol. The van der Waals surface area contributed by atoms with Crippen molar-refractivity contribution < 1.29 is 18.1 Å². The third kappa shape index (κ3) is 2.26. The maximum atomic E-state index is 10.3. The van der Waals surface area contributed by atoms with Crippen LogP contribution in [0.2, 0.25) is 0 Å². The van der Waals surface area contributed by atoms with E-state index in [1.54, 1.807) is 24.3 Å². The van der Waals surface area contributed by atoms with Crippen LogP contribution >= 0.6 is 0 Å². The average molecular weight is 223 g/mol. The molecule has 1 atom stereocenters. The van der Waals surface area contributed by atoms with E-state index in [2.05, 4.69) is 4.18 Å². The molecule has 0 spiro atoms. The van der Waals surface area contributed by atoms with E-state index >= 15 is 0 Å². The van der Waals surface area contributed by atoms with Gasteiger partial charge in [0.1, 0.15) is 22.9 Å². The summed E-state index contributed by atoms with van der Waals surface area (Å²) in [5.74, 6) is 0.421. The Morgan fingerprint density at radius 3 is 2.53 bits per heavy atom. The quantitative estimate of drug-likeness (QED) is 0.787. The van der Waals surface area contributed by atoms with Gasteiger partial charge in [-0.2, -0.15) is 0 Å². The first-order valence-electron chi connectivity index (χ1n) is 4.15. The maximum Gasteiger partial charge on any atom is 0.139 e. The van der Waals surface area contributed by atoms with Gasteiger partial charge in [-0.25, -0.2) is 4.21 Å². The lowest BCUT2D eigenvalue weighted by Crippen LogP contribution is -1.97. The zero-order chi connectivity index (χ0) is 10.8. The zero-order valence-electron chi connectivity index (χ0n) is 7.54. The molecule has 2 aromatic rings. The summed E-state index contributed by atoms with van der Waals surface area (Å²) in [5.41, 5.74) is 0. The summed E-state index contributed by atoms with van der Waals surface area (Å²) in [6.07, 6.45) is 0. The SMILES string of the molecule is O=S([O-])Oc1ccc2cc(O)ccc2c1. The molecular formula is C10H7O4S-. The standard InChI is InChI=1S/C10H8O4S/c11-9-3-1-8-6-10(14-15(12)13)4-2-7(8)5-9/h1-6,11H,(H,12,13)/p-1. The minimum Gasteiger partial charge on any atom is -0.740 e. The van der Waals surface area contributed by atoms with Gasteiger partial charge >= 0.3 is 0 Å². The van der Waals surface area contributed by atoms with Gasteiger partial charge in [-0.15, -0.1) is 0 Å². The van der Waals surface area contributed by atoms with Gasteiger partial charge in [0.15, 0.2) is 0 Å². The highest BCUT2D eigenvalue weighted by atomic mass is 32.2. The molecule has 0 heterocycles. The van der Waals surface area contributed by atoms with Gasteiger partial charge in [0.05, 0.1) is 0 Å². The van der Waals surface area contributed by atoms with E-state index in [0.29, 0.717) is 0 Å². The molecule has 1 N–H and O–H groups in total. The Balaban J connectivity index is 2.47. The minimum absolute atomic E-state index is 0.170. The molecule has 0 saturated heterocycles. The van der Waals surface area contributed by atoms with E-state index in [9.17, 15) is 13.9 Å². The van der Waals surface area contributed by atoms with Crippen molar-refractivity contribution in [3.8, 4) is 11.5 Å². The third-order valence-electron chi connectivity index (χ3n) is 1.96. The second kappa shape index (κ2) is 3.88. The van der Waals surface area contributed by atoms with Crippen molar-refractivity contribution >= 4 is 22.1 Å². The smallest absolute Gasteiger partial charge is 0.139 e. The Labute approximate surface area is 88.6 Å². The van der Waals surface area contributed by atoms with E-state index in [0.717, 1.165) is 10.8 Å². The molecule has 0 aliphatic carbocycles. The lowest BCUT2D eigenvalue weighted by molar-refractivity contribution is 0.440. The second-order valence-electron chi connectivity index (χ2n) is 2.98. The van der Waals surface area contributed by atoms with Crippen LogP contribution < -0.4 is 4.18 Å². The topological polar surface area (TPSA) is 69.6 Å². The van der Waals surface area contributed by atoms with Crippen LogP contribution in [0.5, 0.6) is 11.5 Å². The molecule has 0 aromatic heterocycles. The molecule has 1 unspecified atom stereocenters. The summed E-state index contributed by atoms with van der Waals surface area (Å²) in [4.78, 5) is 0. The Morgan fingerprint density at radius 2 is 1.80 bits per heavy atom. The van der Waals surface area contributed by atoms with Crippen molar-refractivity contribution in [2.75, 3.05) is 0 Å². The first-order chi connectivity index (χ1) is 7.15. The van der Waals surface area contributed by atoms with Gasteiger partial charge in [0.2, 0.25) is 0 Å². The highest BCUT2D eigenvalue weighted by Gasteiger charge is 1.98. The molecule has 0 saturated carbocycles. The fraction of sp³-hybridized carbons (Fsp3) is 0. The maximum absolute atomic E-state index is 10.3. The summed E-state index contributed by atoms with van der Waals surface area (Å²) in [7, 11) is 0. The number of hydrogen-bond donors (Lipinski definition) is 1. The van der Waals surface area contributed by atoms with Gasteiger partial charge in [-0.05, 0) is 35.0 Å². The normalized spacial score (nSPS) is 12.6. The Hall–Kier alpha value is -1.59. The lowest BCUT2D eigenvalue weighted by atomic mass is 10.1. The molecule has 0 bridgehead atoms. The lowest BCUT2D eigenvalue weighted by Gasteiger charge is -2.07. The first kappa shape index (κ1) is 9.95. The number of rotatable bonds is 2. The summed E-state index contributed by atoms with van der Waals surface area (Å²) in [6, 6.07) is 9.60. The van der Waals surface area contributed by atoms with Crippen molar-refractivity contribution in [2.24, 2.45) is 0 Å². The van der Waals surface area contributed by atoms with Crippen LogP contribution in [0.4, 0.5) is 0 Å². The number of benzene rings is 2. The zero-order valence-corrected chi connectivity index (χ0v) is 8.36. The fourth-order valence-electron chi connectivity index (χ4n) is 1.34. The van der Waals surface area contributed by atoms with Crippen LogP contribution in [0, 0.1) is 0 Å². The molecular weight excluding hydrogens is 216 g/mol. The van der Waals surface area contributed by atoms with E-state index < -0.39 is 11.4 Å². The molecule has 15 heavy (non-hydrogen) atoms. The molecule has 4 nitrogen and oxygen atoms in total. The molecule has 0 amide bonds. The van der Waals surface area contributed by atoms with Crippen LogP contribution in [0.3, 0.4) is 0 Å². The molecule has 0 aliphatic rings. The number of phenols is 1. The highest BCUT2D eigenvalue weighted by molar-refractivity contribution is 7.74. The highest BCUT2D eigenvalue weighted by Crippen LogP contribution is 2.24. The summed E-state index contributed by atoms with van der Waals surface area (Å²) in [6.45, 7) is 0. The van der Waals surface area contributed by atoms with Crippen molar-refractivity contribution in [3.63, 3.8) is 0 Å². The van der Waals surface area contributed by atoms with E-state index in [-0.39, 0.29) is 11.5 Å². The average Bonchev–Trinajstić information content (AvgIpc) is 2.17. The Bertz CT molecular complexity index is 524. The number of hydrogen-bond acceptors (Lipinski definition) is 4. The summed E-state index contributed by atoms with van der Waals surface area (Å²) >= 11 is -2.56. The molecule has 0 aliphatic heterocycles. The van der Waals surface area contributed by atoms with Crippen LogP contribution in [0.15, 0.2) is 36.4 Å². The third-order valence-corrected chi connectivity index (χ3v) is 2.29. The molecule has 78 valence electrons. The molecule has 0 radical (unpaired) electrons.